The van der Waals surface area contributed by atoms with E-state index in [0.717, 1.165) is 72.1 Å². The van der Waals surface area contributed by atoms with Crippen LogP contribution < -0.4 is 20.7 Å². The predicted molar refractivity (Wildman–Crippen MR) is 201 cm³/mol. The average molecular weight is 694 g/mol. The van der Waals surface area contributed by atoms with Gasteiger partial charge in [0.1, 0.15) is 17.7 Å². The number of aromatic amines is 1. The normalized spacial score (nSPS) is 20.3. The minimum atomic E-state index is -0.513. The van der Waals surface area contributed by atoms with E-state index >= 15 is 0 Å². The predicted octanol–water partition coefficient (Wildman–Crippen LogP) is 7.05. The van der Waals surface area contributed by atoms with E-state index in [4.69, 9.17) is 9.47 Å². The van der Waals surface area contributed by atoms with Crippen molar-refractivity contribution in [2.24, 2.45) is 5.92 Å². The summed E-state index contributed by atoms with van der Waals surface area (Å²) in [4.78, 5) is 29.8. The third-order valence-corrected chi connectivity index (χ3v) is 10.3. The molecular weight excluding hydrogens is 642 g/mol. The summed E-state index contributed by atoms with van der Waals surface area (Å²) >= 11 is 0. The number of hydrogen-bond acceptors (Lipinski definition) is 8. The number of aryl methyl sites for hydroxylation is 1. The molecule has 10 nitrogen and oxygen atoms in total. The van der Waals surface area contributed by atoms with Gasteiger partial charge in [-0.1, -0.05) is 31.6 Å². The van der Waals surface area contributed by atoms with Gasteiger partial charge >= 0.3 is 5.97 Å². The quantitative estimate of drug-likeness (QED) is 0.136. The van der Waals surface area contributed by atoms with Gasteiger partial charge in [-0.2, -0.15) is 0 Å². The van der Waals surface area contributed by atoms with Crippen LogP contribution in [0, 0.1) is 5.92 Å². The molecule has 0 saturated carbocycles. The van der Waals surface area contributed by atoms with Crippen molar-refractivity contribution in [1.29, 1.82) is 0 Å². The van der Waals surface area contributed by atoms with Crippen molar-refractivity contribution < 1.29 is 24.2 Å². The van der Waals surface area contributed by atoms with E-state index in [9.17, 15) is 14.7 Å². The summed E-state index contributed by atoms with van der Waals surface area (Å²) in [5, 5.41) is 23.1. The van der Waals surface area contributed by atoms with Crippen LogP contribution in [0.2, 0.25) is 0 Å². The molecule has 0 saturated heterocycles. The van der Waals surface area contributed by atoms with Crippen molar-refractivity contribution >= 4 is 28.2 Å². The van der Waals surface area contributed by atoms with Gasteiger partial charge in [0.25, 0.3) is 0 Å². The monoisotopic (exact) mass is 693 g/mol. The van der Waals surface area contributed by atoms with Crippen molar-refractivity contribution in [1.82, 2.24) is 20.2 Å². The molecule has 0 fully saturated rings. The second-order valence-electron chi connectivity index (χ2n) is 13.9. The summed E-state index contributed by atoms with van der Waals surface area (Å²) in [5.41, 5.74) is 6.61. The number of rotatable bonds is 6. The number of carbonyl (C=O) groups is 2. The van der Waals surface area contributed by atoms with E-state index in [1.165, 1.54) is 30.7 Å². The smallest absolute Gasteiger partial charge is 0.302 e. The Kier molecular flexibility index (Phi) is 11.5. The minimum Gasteiger partial charge on any atom is -0.504 e. The van der Waals surface area contributed by atoms with Crippen molar-refractivity contribution in [3.05, 3.63) is 101 Å². The lowest BCUT2D eigenvalue weighted by molar-refractivity contribution is -0.148. The number of H-pyrrole nitrogens is 1. The van der Waals surface area contributed by atoms with Crippen LogP contribution in [0.4, 0.5) is 5.69 Å². The Morgan fingerprint density at radius 1 is 1.08 bits per heavy atom. The molecule has 3 unspecified atom stereocenters. The third-order valence-electron chi connectivity index (χ3n) is 10.3. The zero-order valence-corrected chi connectivity index (χ0v) is 30.2. The Balaban J connectivity index is 1.43. The topological polar surface area (TPSA) is 130 Å². The Morgan fingerprint density at radius 3 is 2.71 bits per heavy atom. The number of aromatic hydroxyl groups is 1. The molecule has 2 aliphatic rings. The largest absolute Gasteiger partial charge is 0.504 e. The SMILES string of the molecule is CCC1CCC(OC(C)=O)CC(=O)CC(c2cc(OC)c(O)cc2CNC)n2cc3cccc(c3c2)NC2=CC(=CCN2)CCc2c[nH]cc2C1. The number of phenolic OH excluding ortho intramolecular Hbond substituents is 1. The number of ether oxygens (including phenoxy) is 2. The maximum Gasteiger partial charge on any atom is 0.302 e. The zero-order chi connectivity index (χ0) is 35.9. The molecular formula is C41H51N5O5. The molecule has 0 amide bonds. The Morgan fingerprint density at radius 2 is 1.92 bits per heavy atom. The zero-order valence-electron chi connectivity index (χ0n) is 30.2. The van der Waals surface area contributed by atoms with Crippen LogP contribution in [-0.2, 0) is 33.7 Å². The molecule has 4 bridgehead atoms. The van der Waals surface area contributed by atoms with Gasteiger partial charge in [-0.05, 0) is 97.2 Å². The number of hydrogen-bond donors (Lipinski definition) is 5. The summed E-state index contributed by atoms with van der Waals surface area (Å²) in [6, 6.07) is 9.30. The molecule has 5 N–H and O–H groups in total. The second-order valence-corrected chi connectivity index (χ2v) is 13.9. The van der Waals surface area contributed by atoms with E-state index in [-0.39, 0.29) is 30.3 Å². The van der Waals surface area contributed by atoms with Gasteiger partial charge in [0.05, 0.1) is 13.2 Å². The van der Waals surface area contributed by atoms with Gasteiger partial charge in [0, 0.05) is 74.1 Å². The highest BCUT2D eigenvalue weighted by molar-refractivity contribution is 5.94. The van der Waals surface area contributed by atoms with Crippen LogP contribution in [0.5, 0.6) is 11.5 Å². The molecule has 6 rings (SSSR count). The fourth-order valence-electron chi connectivity index (χ4n) is 7.59. The number of fused-ring (bicyclic) bond motifs is 3. The molecule has 2 aliphatic heterocycles. The molecule has 4 heterocycles. The van der Waals surface area contributed by atoms with Crippen LogP contribution in [0.3, 0.4) is 0 Å². The molecule has 2 aromatic heterocycles. The first-order valence-corrected chi connectivity index (χ1v) is 18.1. The fourth-order valence-corrected chi connectivity index (χ4v) is 7.59. The highest BCUT2D eigenvalue weighted by Gasteiger charge is 2.27. The molecule has 3 atom stereocenters. The summed E-state index contributed by atoms with van der Waals surface area (Å²) < 4.78 is 13.4. The maximum absolute atomic E-state index is 14.1. The molecule has 0 aliphatic carbocycles. The number of Topliss-reactive ketones (excluding diaryl/α,β-unsaturated/α-hetero) is 1. The van der Waals surface area contributed by atoms with Gasteiger partial charge in [-0.15, -0.1) is 0 Å². The van der Waals surface area contributed by atoms with Crippen LogP contribution in [0.15, 0.2) is 78.7 Å². The molecule has 0 spiro atoms. The van der Waals surface area contributed by atoms with Crippen molar-refractivity contribution in [3.63, 3.8) is 0 Å². The van der Waals surface area contributed by atoms with Gasteiger partial charge in [-0.3, -0.25) is 9.59 Å². The van der Waals surface area contributed by atoms with E-state index in [2.05, 4.69) is 81.5 Å². The lowest BCUT2D eigenvalue weighted by Gasteiger charge is -2.25. The van der Waals surface area contributed by atoms with Crippen molar-refractivity contribution in [3.8, 4) is 11.5 Å². The van der Waals surface area contributed by atoms with E-state index in [1.54, 1.807) is 6.07 Å². The average Bonchev–Trinajstić information content (AvgIpc) is 3.75. The molecule has 10 heteroatoms. The maximum atomic E-state index is 14.1. The number of anilines is 1. The number of esters is 1. The second kappa shape index (κ2) is 16.4. The van der Waals surface area contributed by atoms with Crippen LogP contribution >= 0.6 is 0 Å². The van der Waals surface area contributed by atoms with E-state index in [0.29, 0.717) is 24.6 Å². The van der Waals surface area contributed by atoms with Crippen LogP contribution in [0.25, 0.3) is 10.8 Å². The molecule has 51 heavy (non-hydrogen) atoms. The van der Waals surface area contributed by atoms with Crippen LogP contribution in [-0.4, -0.2) is 53.2 Å². The van der Waals surface area contributed by atoms with E-state index < -0.39 is 12.1 Å². The number of ketones is 1. The number of nitrogens with zero attached hydrogens (tertiary/aromatic N) is 1. The van der Waals surface area contributed by atoms with Crippen LogP contribution in [0.1, 0.15) is 80.7 Å². The molecule has 2 aromatic carbocycles. The summed E-state index contributed by atoms with van der Waals surface area (Å²) in [6.07, 6.45) is 17.9. The number of carbonyl (C=O) groups excluding carboxylic acids is 2. The lowest BCUT2D eigenvalue weighted by atomic mass is 9.88. The number of aromatic nitrogens is 2. The third kappa shape index (κ3) is 8.68. The number of nitrogens with one attached hydrogen (secondary N) is 4. The molecule has 4 aromatic rings. The van der Waals surface area contributed by atoms with Gasteiger partial charge in [0.2, 0.25) is 0 Å². The first kappa shape index (κ1) is 35.9. The Hall–Kier alpha value is -4.96. The van der Waals surface area contributed by atoms with Crippen molar-refractivity contribution in [2.75, 3.05) is 26.0 Å². The van der Waals surface area contributed by atoms with Gasteiger partial charge < -0.3 is 40.1 Å². The fraction of sp³-hybridized carbons (Fsp3) is 0.415. The number of dihydropyridines is 1. The number of allylic oxidation sites excluding steroid dienone is 2. The standard InChI is InChI=1S/C41H51N5O5/c1-5-27-10-12-34(51-26(2)47)18-33(48)19-38(35-20-40(50-4)39(49)17-32(35)21-42-3)46-24-30-7-6-8-37(36(30)25-46)45-41-16-28(13-14-44-41)9-11-29-22-43-23-31(29)15-27/h6-8,13,16-17,20,22-25,27,34,38,42-45,49H,5,9-12,14-15,18-19,21H2,1-4H3. The Labute approximate surface area is 300 Å². The summed E-state index contributed by atoms with van der Waals surface area (Å²) in [7, 11) is 3.38. The number of benzene rings is 2. The highest BCUT2D eigenvalue weighted by atomic mass is 16.5. The summed E-state index contributed by atoms with van der Waals surface area (Å²) in [6.45, 7) is 4.84. The molecule has 0 radical (unpaired) electrons. The van der Waals surface area contributed by atoms with E-state index in [1.807, 2.05) is 19.2 Å². The number of phenols is 1. The van der Waals surface area contributed by atoms with Gasteiger partial charge in [0.15, 0.2) is 11.5 Å². The number of methoxy groups -OCH3 is 1. The summed E-state index contributed by atoms with van der Waals surface area (Å²) in [5.74, 6) is 1.33. The lowest BCUT2D eigenvalue weighted by Crippen LogP contribution is -2.24. The molecule has 270 valence electrons. The Bertz CT molecular complexity index is 1920. The first-order valence-electron chi connectivity index (χ1n) is 18.1. The van der Waals surface area contributed by atoms with Gasteiger partial charge in [-0.25, -0.2) is 0 Å². The van der Waals surface area contributed by atoms with Crippen molar-refractivity contribution in [2.45, 2.75) is 83.9 Å². The minimum absolute atomic E-state index is 0.00690. The first-order chi connectivity index (χ1) is 24.7. The highest BCUT2D eigenvalue weighted by Crippen LogP contribution is 2.38.